The highest BCUT2D eigenvalue weighted by atomic mass is 32.2. The van der Waals surface area contributed by atoms with Gasteiger partial charge in [-0.25, -0.2) is 8.42 Å². The number of ether oxygens (including phenoxy) is 1. The highest BCUT2D eigenvalue weighted by molar-refractivity contribution is 7.91. The van der Waals surface area contributed by atoms with Gasteiger partial charge < -0.3 is 10.1 Å². The third-order valence-electron chi connectivity index (χ3n) is 4.78. The van der Waals surface area contributed by atoms with Crippen molar-refractivity contribution in [2.75, 3.05) is 19.9 Å². The molecule has 0 radical (unpaired) electrons. The van der Waals surface area contributed by atoms with E-state index in [0.717, 1.165) is 51.5 Å². The van der Waals surface area contributed by atoms with Crippen LogP contribution < -0.4 is 5.32 Å². The fourth-order valence-electron chi connectivity index (χ4n) is 3.30. The van der Waals surface area contributed by atoms with Crippen LogP contribution in [0.2, 0.25) is 0 Å². The Morgan fingerprint density at radius 3 is 2.57 bits per heavy atom. The van der Waals surface area contributed by atoms with E-state index in [0.29, 0.717) is 12.0 Å². The van der Waals surface area contributed by atoms with Crippen LogP contribution in [0.5, 0.6) is 0 Å². The number of hydrogen-bond acceptors (Lipinski definition) is 4. The van der Waals surface area contributed by atoms with Crippen molar-refractivity contribution in [1.29, 1.82) is 0 Å². The number of methoxy groups -OCH3 is 1. The van der Waals surface area contributed by atoms with Crippen LogP contribution in [0.25, 0.3) is 0 Å². The van der Waals surface area contributed by atoms with Crippen LogP contribution in [0.3, 0.4) is 0 Å². The summed E-state index contributed by atoms with van der Waals surface area (Å²) in [6, 6.07) is 0.423. The minimum absolute atomic E-state index is 0.137. The second-order valence-corrected chi connectivity index (χ2v) is 8.89. The first-order chi connectivity index (χ1) is 9.88. The maximum atomic E-state index is 11.8. The summed E-state index contributed by atoms with van der Waals surface area (Å²) >= 11 is 0. The normalized spacial score (nSPS) is 26.5. The highest BCUT2D eigenvalue weighted by Crippen LogP contribution is 2.32. The molecule has 1 fully saturated rings. The van der Waals surface area contributed by atoms with Gasteiger partial charge in [-0.2, -0.15) is 0 Å². The lowest BCUT2D eigenvalue weighted by molar-refractivity contribution is 0.101. The van der Waals surface area contributed by atoms with E-state index in [1.165, 1.54) is 6.26 Å². The topological polar surface area (TPSA) is 55.4 Å². The first-order valence-corrected chi connectivity index (χ1v) is 10.3. The molecule has 0 aliphatic heterocycles. The van der Waals surface area contributed by atoms with Gasteiger partial charge in [-0.05, 0) is 57.9 Å². The van der Waals surface area contributed by atoms with Gasteiger partial charge in [0.2, 0.25) is 0 Å². The van der Waals surface area contributed by atoms with Gasteiger partial charge in [0.1, 0.15) is 9.84 Å². The van der Waals surface area contributed by atoms with Crippen LogP contribution in [0.15, 0.2) is 0 Å². The predicted octanol–water partition coefficient (Wildman–Crippen LogP) is 2.77. The number of rotatable bonds is 9. The molecule has 21 heavy (non-hydrogen) atoms. The van der Waals surface area contributed by atoms with E-state index in [9.17, 15) is 8.42 Å². The zero-order chi connectivity index (χ0) is 15.9. The smallest absolute Gasteiger partial charge is 0.150 e. The molecule has 1 saturated carbocycles. The van der Waals surface area contributed by atoms with Crippen molar-refractivity contribution in [2.45, 2.75) is 76.2 Å². The molecule has 4 atom stereocenters. The zero-order valence-electron chi connectivity index (χ0n) is 14.1. The molecular formula is C16H33NO3S. The van der Waals surface area contributed by atoms with Crippen molar-refractivity contribution < 1.29 is 13.2 Å². The fraction of sp³-hybridized carbons (Fsp3) is 1.00. The zero-order valence-corrected chi connectivity index (χ0v) is 14.9. The van der Waals surface area contributed by atoms with E-state index >= 15 is 0 Å². The average molecular weight is 320 g/mol. The van der Waals surface area contributed by atoms with Gasteiger partial charge in [0.25, 0.3) is 0 Å². The maximum Gasteiger partial charge on any atom is 0.150 e. The van der Waals surface area contributed by atoms with Crippen LogP contribution in [0.4, 0.5) is 0 Å². The Balaban J connectivity index is 2.63. The molecule has 0 amide bonds. The van der Waals surface area contributed by atoms with E-state index in [-0.39, 0.29) is 11.4 Å². The molecule has 4 nitrogen and oxygen atoms in total. The maximum absolute atomic E-state index is 11.8. The Labute approximate surface area is 130 Å². The average Bonchev–Trinajstić information content (AvgIpc) is 2.46. The van der Waals surface area contributed by atoms with E-state index < -0.39 is 9.84 Å². The SMILES string of the molecule is CCCNC(CCC(C)OC)C1CCCC(S(C)(=O)=O)C1. The lowest BCUT2D eigenvalue weighted by Gasteiger charge is -2.35. The molecule has 1 rings (SSSR count). The van der Waals surface area contributed by atoms with Crippen LogP contribution in [0.1, 0.15) is 58.8 Å². The second kappa shape index (κ2) is 9.11. The summed E-state index contributed by atoms with van der Waals surface area (Å²) in [5.74, 6) is 0.481. The molecule has 0 aromatic heterocycles. The van der Waals surface area contributed by atoms with Crippen molar-refractivity contribution in [2.24, 2.45) is 5.92 Å². The lowest BCUT2D eigenvalue weighted by atomic mass is 9.81. The van der Waals surface area contributed by atoms with Crippen LogP contribution in [0, 0.1) is 5.92 Å². The summed E-state index contributed by atoms with van der Waals surface area (Å²) in [6.45, 7) is 5.27. The third-order valence-corrected chi connectivity index (χ3v) is 6.42. The largest absolute Gasteiger partial charge is 0.382 e. The van der Waals surface area contributed by atoms with E-state index in [1.54, 1.807) is 7.11 Å². The van der Waals surface area contributed by atoms with E-state index in [1.807, 2.05) is 0 Å². The standard InChI is InChI=1S/C16H33NO3S/c1-5-11-17-16(10-9-13(2)20-3)14-7-6-8-15(12-14)21(4,18)19/h13-17H,5-12H2,1-4H3. The Morgan fingerprint density at radius 1 is 1.29 bits per heavy atom. The molecule has 1 aliphatic carbocycles. The van der Waals surface area contributed by atoms with Gasteiger partial charge >= 0.3 is 0 Å². The van der Waals surface area contributed by atoms with Gasteiger partial charge in [-0.1, -0.05) is 13.3 Å². The van der Waals surface area contributed by atoms with Crippen molar-refractivity contribution in [3.8, 4) is 0 Å². The van der Waals surface area contributed by atoms with Crippen molar-refractivity contribution in [1.82, 2.24) is 5.32 Å². The van der Waals surface area contributed by atoms with Gasteiger partial charge in [-0.3, -0.25) is 0 Å². The minimum atomic E-state index is -2.90. The van der Waals surface area contributed by atoms with Crippen LogP contribution in [-0.4, -0.2) is 45.7 Å². The number of hydrogen-bond donors (Lipinski definition) is 1. The lowest BCUT2D eigenvalue weighted by Crippen LogP contribution is -2.41. The van der Waals surface area contributed by atoms with Crippen molar-refractivity contribution >= 4 is 9.84 Å². The molecule has 0 aromatic carbocycles. The van der Waals surface area contributed by atoms with Crippen LogP contribution in [-0.2, 0) is 14.6 Å². The van der Waals surface area contributed by atoms with Gasteiger partial charge in [0.15, 0.2) is 0 Å². The predicted molar refractivity (Wildman–Crippen MR) is 88.4 cm³/mol. The fourth-order valence-corrected chi connectivity index (χ4v) is 4.49. The van der Waals surface area contributed by atoms with Crippen LogP contribution >= 0.6 is 0 Å². The molecule has 0 heterocycles. The molecule has 0 saturated heterocycles. The molecule has 126 valence electrons. The van der Waals surface area contributed by atoms with E-state index in [4.69, 9.17) is 4.74 Å². The summed E-state index contributed by atoms with van der Waals surface area (Å²) in [5, 5.41) is 3.50. The summed E-state index contributed by atoms with van der Waals surface area (Å²) < 4.78 is 29.0. The molecule has 0 spiro atoms. The Morgan fingerprint density at radius 2 is 2.00 bits per heavy atom. The summed E-state index contributed by atoms with van der Waals surface area (Å²) in [4.78, 5) is 0. The first-order valence-electron chi connectivity index (χ1n) is 8.33. The van der Waals surface area contributed by atoms with Gasteiger partial charge in [0, 0.05) is 19.4 Å². The molecule has 0 bridgehead atoms. The summed E-state index contributed by atoms with van der Waals surface area (Å²) in [5.41, 5.74) is 0. The van der Waals surface area contributed by atoms with Crippen molar-refractivity contribution in [3.63, 3.8) is 0 Å². The summed E-state index contributed by atoms with van der Waals surface area (Å²) in [7, 11) is -1.15. The van der Waals surface area contributed by atoms with Crippen molar-refractivity contribution in [3.05, 3.63) is 0 Å². The number of nitrogens with one attached hydrogen (secondary N) is 1. The molecule has 0 aromatic rings. The Hall–Kier alpha value is -0.130. The second-order valence-electron chi connectivity index (χ2n) is 6.56. The molecular weight excluding hydrogens is 286 g/mol. The van der Waals surface area contributed by atoms with Gasteiger partial charge in [0.05, 0.1) is 11.4 Å². The molecule has 4 unspecified atom stereocenters. The minimum Gasteiger partial charge on any atom is -0.382 e. The monoisotopic (exact) mass is 319 g/mol. The van der Waals surface area contributed by atoms with E-state index in [2.05, 4.69) is 19.2 Å². The quantitative estimate of drug-likeness (QED) is 0.710. The molecule has 1 N–H and O–H groups in total. The third kappa shape index (κ3) is 6.66. The first kappa shape index (κ1) is 18.9. The Kier molecular flexibility index (Phi) is 8.21. The summed E-state index contributed by atoms with van der Waals surface area (Å²) in [6.07, 6.45) is 8.70. The highest BCUT2D eigenvalue weighted by Gasteiger charge is 2.32. The number of sulfone groups is 1. The Bertz CT molecular complexity index is 383. The molecule has 1 aliphatic rings. The van der Waals surface area contributed by atoms with Gasteiger partial charge in [-0.15, -0.1) is 0 Å². The molecule has 5 heteroatoms.